The summed E-state index contributed by atoms with van der Waals surface area (Å²) in [6.45, 7) is 0.108. The number of nitrogens with two attached hydrogens (primary N) is 1. The molecule has 0 aromatic rings. The van der Waals surface area contributed by atoms with Crippen LogP contribution in [0.3, 0.4) is 0 Å². The molecule has 7 nitrogen and oxygen atoms in total. The predicted molar refractivity (Wildman–Crippen MR) is 61.6 cm³/mol. The Morgan fingerprint density at radius 3 is 2.71 bits per heavy atom. The first-order valence-corrected chi connectivity index (χ1v) is 4.99. The molecule has 0 spiro atoms. The van der Waals surface area contributed by atoms with Crippen LogP contribution in [0.1, 0.15) is 12.8 Å². The third-order valence-corrected chi connectivity index (χ3v) is 2.32. The van der Waals surface area contributed by atoms with Gasteiger partial charge in [-0.25, -0.2) is 4.79 Å². The van der Waals surface area contributed by atoms with Crippen molar-refractivity contribution < 1.29 is 19.1 Å². The quantitative estimate of drug-likeness (QED) is 0.503. The van der Waals surface area contributed by atoms with Gasteiger partial charge in [0.2, 0.25) is 0 Å². The summed E-state index contributed by atoms with van der Waals surface area (Å²) in [5.74, 6) is -1.02. The molecular weight excluding hydrogens is 250 g/mol. The Morgan fingerprint density at radius 1 is 1.53 bits per heavy atom. The third-order valence-electron chi connectivity index (χ3n) is 2.32. The van der Waals surface area contributed by atoms with Crippen molar-refractivity contribution in [1.82, 2.24) is 10.2 Å². The molecule has 1 rings (SSSR count). The second kappa shape index (κ2) is 7.08. The second-order valence-electron chi connectivity index (χ2n) is 3.43. The molecule has 3 N–H and O–H groups in total. The van der Waals surface area contributed by atoms with Crippen LogP contribution < -0.4 is 11.1 Å². The van der Waals surface area contributed by atoms with Crippen LogP contribution in [0.4, 0.5) is 4.79 Å². The minimum absolute atomic E-state index is 0. The molecule has 0 aromatic heterocycles. The van der Waals surface area contributed by atoms with Crippen LogP contribution in [-0.4, -0.2) is 49.0 Å². The minimum Gasteiger partial charge on any atom is -0.468 e. The Morgan fingerprint density at radius 2 is 2.18 bits per heavy atom. The van der Waals surface area contributed by atoms with E-state index in [1.807, 2.05) is 0 Å². The van der Waals surface area contributed by atoms with Crippen molar-refractivity contribution in [3.05, 3.63) is 0 Å². The molecule has 0 saturated carbocycles. The summed E-state index contributed by atoms with van der Waals surface area (Å²) in [6.07, 6.45) is 1.13. The number of halogens is 1. The van der Waals surface area contributed by atoms with E-state index in [9.17, 15) is 14.4 Å². The van der Waals surface area contributed by atoms with E-state index in [0.29, 0.717) is 19.4 Å². The van der Waals surface area contributed by atoms with Gasteiger partial charge in [0.05, 0.1) is 7.11 Å². The highest BCUT2D eigenvalue weighted by molar-refractivity contribution is 6.06. The molecule has 1 heterocycles. The summed E-state index contributed by atoms with van der Waals surface area (Å²) in [7, 11) is 1.20. The summed E-state index contributed by atoms with van der Waals surface area (Å²) in [5, 5.41) is 2.49. The van der Waals surface area contributed by atoms with Crippen molar-refractivity contribution in [1.29, 1.82) is 0 Å². The summed E-state index contributed by atoms with van der Waals surface area (Å²) < 4.78 is 4.39. The first-order chi connectivity index (χ1) is 7.60. The van der Waals surface area contributed by atoms with E-state index < -0.39 is 23.9 Å². The van der Waals surface area contributed by atoms with Crippen LogP contribution in [0.25, 0.3) is 0 Å². The summed E-state index contributed by atoms with van der Waals surface area (Å²) >= 11 is 0. The van der Waals surface area contributed by atoms with Crippen molar-refractivity contribution >= 4 is 30.3 Å². The van der Waals surface area contributed by atoms with E-state index in [0.717, 1.165) is 4.90 Å². The molecule has 0 aliphatic carbocycles. The molecule has 3 amide bonds. The Bertz CT molecular complexity index is 311. The number of esters is 1. The fourth-order valence-corrected chi connectivity index (χ4v) is 1.44. The number of nitrogens with zero attached hydrogens (tertiary/aromatic N) is 1. The Hall–Kier alpha value is -1.34. The van der Waals surface area contributed by atoms with E-state index in [1.54, 1.807) is 0 Å². The molecule has 1 aliphatic rings. The topological polar surface area (TPSA) is 102 Å². The van der Waals surface area contributed by atoms with Gasteiger partial charge in [0.25, 0.3) is 5.91 Å². The number of methoxy groups -OCH3 is 1. The third kappa shape index (κ3) is 3.86. The average Bonchev–Trinajstić information content (AvgIpc) is 2.53. The van der Waals surface area contributed by atoms with Gasteiger partial charge in [-0.2, -0.15) is 0 Å². The predicted octanol–water partition coefficient (Wildman–Crippen LogP) is -0.759. The van der Waals surface area contributed by atoms with Crippen LogP contribution in [0.2, 0.25) is 0 Å². The van der Waals surface area contributed by atoms with E-state index in [4.69, 9.17) is 5.73 Å². The first-order valence-electron chi connectivity index (χ1n) is 4.99. The van der Waals surface area contributed by atoms with Gasteiger partial charge in [0, 0.05) is 0 Å². The molecule has 1 fully saturated rings. The van der Waals surface area contributed by atoms with Gasteiger partial charge in [-0.3, -0.25) is 14.5 Å². The highest BCUT2D eigenvalue weighted by Gasteiger charge is 2.38. The van der Waals surface area contributed by atoms with Crippen molar-refractivity contribution in [2.75, 3.05) is 20.2 Å². The largest absolute Gasteiger partial charge is 0.468 e. The van der Waals surface area contributed by atoms with Gasteiger partial charge >= 0.3 is 12.0 Å². The van der Waals surface area contributed by atoms with Gasteiger partial charge in [0.1, 0.15) is 12.6 Å². The highest BCUT2D eigenvalue weighted by atomic mass is 35.5. The van der Waals surface area contributed by atoms with Gasteiger partial charge in [0.15, 0.2) is 0 Å². The van der Waals surface area contributed by atoms with Crippen molar-refractivity contribution in [2.45, 2.75) is 18.9 Å². The van der Waals surface area contributed by atoms with Crippen molar-refractivity contribution in [3.63, 3.8) is 0 Å². The van der Waals surface area contributed by atoms with Crippen LogP contribution >= 0.6 is 12.4 Å². The Balaban J connectivity index is 0.00000256. The lowest BCUT2D eigenvalue weighted by Gasteiger charge is -2.10. The smallest absolute Gasteiger partial charge is 0.325 e. The maximum Gasteiger partial charge on any atom is 0.325 e. The van der Waals surface area contributed by atoms with Gasteiger partial charge in [-0.05, 0) is 19.4 Å². The number of hydrogen-bond acceptors (Lipinski definition) is 5. The standard InChI is InChI=1S/C9H15N3O4.ClH/c1-16-7(13)5-12-8(14)6(3-2-4-10)11-9(12)15;/h6H,2-5,10H2,1H3,(H,11,15);1H. The normalized spacial score (nSPS) is 18.7. The number of imide groups is 1. The Labute approximate surface area is 105 Å². The van der Waals surface area contributed by atoms with E-state index in [2.05, 4.69) is 10.1 Å². The summed E-state index contributed by atoms with van der Waals surface area (Å²) in [5.41, 5.74) is 5.31. The molecule has 98 valence electrons. The second-order valence-corrected chi connectivity index (χ2v) is 3.43. The minimum atomic E-state index is -0.622. The zero-order valence-corrected chi connectivity index (χ0v) is 10.3. The molecule has 0 radical (unpaired) electrons. The number of ether oxygens (including phenoxy) is 1. The zero-order chi connectivity index (χ0) is 12.1. The summed E-state index contributed by atoms with van der Waals surface area (Å²) in [4.78, 5) is 34.8. The molecule has 1 unspecified atom stereocenters. The molecule has 1 saturated heterocycles. The number of urea groups is 1. The zero-order valence-electron chi connectivity index (χ0n) is 9.47. The molecule has 0 aromatic carbocycles. The lowest BCUT2D eigenvalue weighted by atomic mass is 10.1. The molecule has 0 bridgehead atoms. The number of carbonyl (C=O) groups excluding carboxylic acids is 3. The lowest BCUT2D eigenvalue weighted by molar-refractivity contribution is -0.144. The molecule has 1 atom stereocenters. The number of carbonyl (C=O) groups is 3. The molecule has 8 heteroatoms. The van der Waals surface area contributed by atoms with E-state index in [1.165, 1.54) is 7.11 Å². The van der Waals surface area contributed by atoms with Gasteiger partial charge in [-0.15, -0.1) is 12.4 Å². The maximum atomic E-state index is 11.7. The maximum absolute atomic E-state index is 11.7. The van der Waals surface area contributed by atoms with Crippen molar-refractivity contribution in [2.24, 2.45) is 5.73 Å². The summed E-state index contributed by atoms with van der Waals surface area (Å²) in [6, 6.07) is -1.13. The molecule has 17 heavy (non-hydrogen) atoms. The lowest BCUT2D eigenvalue weighted by Crippen LogP contribution is -2.36. The fourth-order valence-electron chi connectivity index (χ4n) is 1.44. The number of nitrogens with one attached hydrogen (secondary N) is 1. The van der Waals surface area contributed by atoms with Crippen LogP contribution in [0, 0.1) is 0 Å². The number of hydrogen-bond donors (Lipinski definition) is 2. The molecule has 1 aliphatic heterocycles. The van der Waals surface area contributed by atoms with Crippen molar-refractivity contribution in [3.8, 4) is 0 Å². The fraction of sp³-hybridized carbons (Fsp3) is 0.667. The highest BCUT2D eigenvalue weighted by Crippen LogP contribution is 2.10. The molecular formula is C9H16ClN3O4. The average molecular weight is 266 g/mol. The first kappa shape index (κ1) is 15.7. The Kier molecular flexibility index (Phi) is 6.52. The van der Waals surface area contributed by atoms with Crippen LogP contribution in [0.5, 0.6) is 0 Å². The van der Waals surface area contributed by atoms with Crippen LogP contribution in [0.15, 0.2) is 0 Å². The number of rotatable bonds is 5. The SMILES string of the molecule is COC(=O)CN1C(=O)NC(CCCN)C1=O.Cl. The monoisotopic (exact) mass is 265 g/mol. The number of amides is 3. The van der Waals surface area contributed by atoms with Gasteiger partial charge in [-0.1, -0.05) is 0 Å². The van der Waals surface area contributed by atoms with Gasteiger partial charge < -0.3 is 15.8 Å². The van der Waals surface area contributed by atoms with E-state index in [-0.39, 0.29) is 19.0 Å². The van der Waals surface area contributed by atoms with E-state index >= 15 is 0 Å². The van der Waals surface area contributed by atoms with Crippen LogP contribution in [-0.2, 0) is 14.3 Å².